The van der Waals surface area contributed by atoms with E-state index in [9.17, 15) is 9.59 Å². The fourth-order valence-corrected chi connectivity index (χ4v) is 4.67. The Morgan fingerprint density at radius 1 is 0.919 bits per heavy atom. The smallest absolute Gasteiger partial charge is 0.261 e. The molecule has 3 rings (SSSR count). The number of carbonyl (C=O) groups is 2. The number of nitrogens with one attached hydrogen (secondary N) is 1. The maximum atomic E-state index is 13.7. The van der Waals surface area contributed by atoms with Crippen LogP contribution in [0.25, 0.3) is 0 Å². The Morgan fingerprint density at radius 3 is 2.22 bits per heavy atom. The number of benzene rings is 3. The number of nitrogens with zero attached hydrogens (tertiary/aromatic N) is 1. The van der Waals surface area contributed by atoms with Crippen LogP contribution in [0, 0.1) is 5.92 Å². The lowest BCUT2D eigenvalue weighted by molar-refractivity contribution is -0.142. The number of hydrogen-bond donors (Lipinski definition) is 1. The van der Waals surface area contributed by atoms with Crippen LogP contribution in [0.1, 0.15) is 37.5 Å². The molecular weight excluding hydrogens is 596 g/mol. The van der Waals surface area contributed by atoms with Crippen molar-refractivity contribution < 1.29 is 14.3 Å². The minimum Gasteiger partial charge on any atom is -0.483 e. The Morgan fingerprint density at radius 2 is 1.59 bits per heavy atom. The van der Waals surface area contributed by atoms with Gasteiger partial charge in [-0.25, -0.2) is 0 Å². The highest BCUT2D eigenvalue weighted by Crippen LogP contribution is 2.26. The van der Waals surface area contributed by atoms with E-state index >= 15 is 0 Å². The van der Waals surface area contributed by atoms with Crippen molar-refractivity contribution in [2.24, 2.45) is 5.92 Å². The molecule has 5 nitrogen and oxygen atoms in total. The first-order valence-electron chi connectivity index (χ1n) is 12.5. The van der Waals surface area contributed by atoms with Gasteiger partial charge in [0.2, 0.25) is 5.91 Å². The standard InChI is InChI=1S/C30H34Br2N2O3/c1-4-22-12-15-28(26(32)16-22)37-20-29(35)34(19-24-10-13-25(31)14-11-24)27(30(36)33-18-21(2)3)17-23-8-6-5-7-9-23/h5-16,21,27H,4,17-20H2,1-3H3,(H,33,36)/t27-/m1/s1. The van der Waals surface area contributed by atoms with Gasteiger partial charge >= 0.3 is 0 Å². The van der Waals surface area contributed by atoms with E-state index in [-0.39, 0.29) is 25.0 Å². The van der Waals surface area contributed by atoms with E-state index in [2.05, 4.69) is 44.1 Å². The van der Waals surface area contributed by atoms with E-state index < -0.39 is 6.04 Å². The third-order valence-electron chi connectivity index (χ3n) is 5.98. The van der Waals surface area contributed by atoms with Crippen molar-refractivity contribution in [2.75, 3.05) is 13.2 Å². The van der Waals surface area contributed by atoms with Gasteiger partial charge in [-0.05, 0) is 69.2 Å². The molecule has 1 N–H and O–H groups in total. The predicted molar refractivity (Wildman–Crippen MR) is 155 cm³/mol. The average molecular weight is 630 g/mol. The third kappa shape index (κ3) is 9.00. The second-order valence-corrected chi connectivity index (χ2v) is 11.2. The largest absolute Gasteiger partial charge is 0.483 e. The van der Waals surface area contributed by atoms with Gasteiger partial charge in [-0.1, -0.05) is 85.2 Å². The molecule has 0 aliphatic carbocycles. The molecule has 0 saturated heterocycles. The fraction of sp³-hybridized carbons (Fsp3) is 0.333. The first-order valence-corrected chi connectivity index (χ1v) is 14.1. The summed E-state index contributed by atoms with van der Waals surface area (Å²) in [4.78, 5) is 28.8. The van der Waals surface area contributed by atoms with Crippen LogP contribution in [0.15, 0.2) is 81.7 Å². The summed E-state index contributed by atoms with van der Waals surface area (Å²) in [6.07, 6.45) is 1.31. The highest BCUT2D eigenvalue weighted by molar-refractivity contribution is 9.10. The van der Waals surface area contributed by atoms with E-state index in [0.29, 0.717) is 24.6 Å². The van der Waals surface area contributed by atoms with Crippen molar-refractivity contribution in [2.45, 2.75) is 46.2 Å². The molecule has 0 fully saturated rings. The van der Waals surface area contributed by atoms with Crippen molar-refractivity contribution in [3.8, 4) is 5.75 Å². The lowest BCUT2D eigenvalue weighted by Gasteiger charge is -2.31. The van der Waals surface area contributed by atoms with Gasteiger partial charge in [-0.2, -0.15) is 0 Å². The average Bonchev–Trinajstić information content (AvgIpc) is 2.90. The topological polar surface area (TPSA) is 58.6 Å². The predicted octanol–water partition coefficient (Wildman–Crippen LogP) is 6.57. The molecule has 2 amide bonds. The van der Waals surface area contributed by atoms with Crippen molar-refractivity contribution in [3.05, 3.63) is 98.4 Å². The number of aryl methyl sites for hydroxylation is 1. The molecular formula is C30H34Br2N2O3. The molecule has 0 aliphatic rings. The van der Waals surface area contributed by atoms with Gasteiger partial charge in [-0.3, -0.25) is 9.59 Å². The maximum Gasteiger partial charge on any atom is 0.261 e. The van der Waals surface area contributed by atoms with E-state index in [1.54, 1.807) is 4.90 Å². The van der Waals surface area contributed by atoms with E-state index in [4.69, 9.17) is 4.74 Å². The lowest BCUT2D eigenvalue weighted by Crippen LogP contribution is -2.52. The molecule has 3 aromatic carbocycles. The molecule has 0 spiro atoms. The molecule has 0 bridgehead atoms. The molecule has 1 atom stereocenters. The first kappa shape index (κ1) is 28.9. The minimum atomic E-state index is -0.688. The second kappa shape index (κ2) is 14.3. The van der Waals surface area contributed by atoms with Crippen LogP contribution in [0.2, 0.25) is 0 Å². The Labute approximate surface area is 236 Å². The zero-order valence-corrected chi connectivity index (χ0v) is 24.7. The Balaban J connectivity index is 1.89. The van der Waals surface area contributed by atoms with Gasteiger partial charge in [-0.15, -0.1) is 0 Å². The van der Waals surface area contributed by atoms with Crippen LogP contribution < -0.4 is 10.1 Å². The molecule has 7 heteroatoms. The van der Waals surface area contributed by atoms with Crippen LogP contribution in [-0.4, -0.2) is 35.9 Å². The van der Waals surface area contributed by atoms with Crippen molar-refractivity contribution in [1.82, 2.24) is 10.2 Å². The monoisotopic (exact) mass is 628 g/mol. The quantitative estimate of drug-likeness (QED) is 0.247. The van der Waals surface area contributed by atoms with Gasteiger partial charge in [0, 0.05) is 24.0 Å². The SMILES string of the molecule is CCc1ccc(OCC(=O)N(Cc2ccc(Br)cc2)[C@H](Cc2ccccc2)C(=O)NCC(C)C)c(Br)c1. The van der Waals surface area contributed by atoms with Gasteiger partial charge in [0.1, 0.15) is 11.8 Å². The highest BCUT2D eigenvalue weighted by atomic mass is 79.9. The molecule has 0 saturated carbocycles. The summed E-state index contributed by atoms with van der Waals surface area (Å²) in [6.45, 7) is 6.83. The fourth-order valence-electron chi connectivity index (χ4n) is 3.87. The van der Waals surface area contributed by atoms with E-state index in [1.807, 2.05) is 86.6 Å². The van der Waals surface area contributed by atoms with Crippen LogP contribution >= 0.6 is 31.9 Å². The Bertz CT molecular complexity index is 1170. The summed E-state index contributed by atoms with van der Waals surface area (Å²) >= 11 is 7.02. The van der Waals surface area contributed by atoms with Gasteiger partial charge in [0.25, 0.3) is 5.91 Å². The van der Waals surface area contributed by atoms with Crippen molar-refractivity contribution in [3.63, 3.8) is 0 Å². The van der Waals surface area contributed by atoms with E-state index in [1.165, 1.54) is 5.56 Å². The summed E-state index contributed by atoms with van der Waals surface area (Å²) in [5.41, 5.74) is 3.09. The molecule has 37 heavy (non-hydrogen) atoms. The molecule has 3 aromatic rings. The Kier molecular flexibility index (Phi) is 11.2. The number of rotatable bonds is 12. The molecule has 0 unspecified atom stereocenters. The summed E-state index contributed by atoms with van der Waals surface area (Å²) in [5.74, 6) is 0.466. The zero-order valence-electron chi connectivity index (χ0n) is 21.5. The molecule has 0 aliphatic heterocycles. The number of ether oxygens (including phenoxy) is 1. The van der Waals surface area contributed by atoms with E-state index in [0.717, 1.165) is 26.5 Å². The lowest BCUT2D eigenvalue weighted by atomic mass is 10.0. The number of amides is 2. The molecule has 0 heterocycles. The van der Waals surface area contributed by atoms with Crippen molar-refractivity contribution >= 4 is 43.7 Å². The molecule has 0 aromatic heterocycles. The molecule has 0 radical (unpaired) electrons. The summed E-state index contributed by atoms with van der Waals surface area (Å²) in [5, 5.41) is 3.04. The van der Waals surface area contributed by atoms with Gasteiger partial charge < -0.3 is 15.0 Å². The van der Waals surface area contributed by atoms with Crippen LogP contribution in [0.3, 0.4) is 0 Å². The zero-order chi connectivity index (χ0) is 26.8. The maximum absolute atomic E-state index is 13.7. The third-order valence-corrected chi connectivity index (χ3v) is 7.13. The van der Waals surface area contributed by atoms with Crippen LogP contribution in [-0.2, 0) is 29.0 Å². The van der Waals surface area contributed by atoms with Gasteiger partial charge in [0.15, 0.2) is 6.61 Å². The number of hydrogen-bond acceptors (Lipinski definition) is 3. The number of halogens is 2. The second-order valence-electron chi connectivity index (χ2n) is 9.40. The molecule has 196 valence electrons. The normalized spacial score (nSPS) is 11.7. The Hall–Kier alpha value is -2.64. The van der Waals surface area contributed by atoms with Crippen LogP contribution in [0.4, 0.5) is 0 Å². The summed E-state index contributed by atoms with van der Waals surface area (Å²) < 4.78 is 7.69. The highest BCUT2D eigenvalue weighted by Gasteiger charge is 2.30. The van der Waals surface area contributed by atoms with Crippen molar-refractivity contribution in [1.29, 1.82) is 0 Å². The van der Waals surface area contributed by atoms with Gasteiger partial charge in [0.05, 0.1) is 4.47 Å². The number of carbonyl (C=O) groups excluding carboxylic acids is 2. The minimum absolute atomic E-state index is 0.170. The summed E-state index contributed by atoms with van der Waals surface area (Å²) in [6, 6.07) is 22.7. The summed E-state index contributed by atoms with van der Waals surface area (Å²) in [7, 11) is 0. The van der Waals surface area contributed by atoms with Crippen LogP contribution in [0.5, 0.6) is 5.75 Å². The first-order chi connectivity index (χ1) is 17.8.